The normalized spacial score (nSPS) is 14.3. The summed E-state index contributed by atoms with van der Waals surface area (Å²) in [5.74, 6) is 0.579. The summed E-state index contributed by atoms with van der Waals surface area (Å²) in [6.45, 7) is 2.16. The Hall–Kier alpha value is -2.25. The summed E-state index contributed by atoms with van der Waals surface area (Å²) in [7, 11) is 2.05. The number of nitrogens with zero attached hydrogens (tertiary/aromatic N) is 3. The number of hydrogen-bond donors (Lipinski definition) is 2. The van der Waals surface area contributed by atoms with E-state index in [2.05, 4.69) is 25.6 Å². The maximum atomic E-state index is 12.4. The number of carbonyl (C=O) groups is 1. The highest BCUT2D eigenvalue weighted by Gasteiger charge is 2.26. The molecule has 0 unspecified atom stereocenters. The van der Waals surface area contributed by atoms with Crippen LogP contribution in [0.25, 0.3) is 10.9 Å². The Kier molecular flexibility index (Phi) is 4.50. The van der Waals surface area contributed by atoms with Crippen molar-refractivity contribution in [2.45, 2.75) is 25.3 Å². The average Bonchev–Trinajstić information content (AvgIpc) is 3.16. The lowest BCUT2D eigenvalue weighted by Crippen LogP contribution is -2.33. The van der Waals surface area contributed by atoms with E-state index in [1.165, 1.54) is 17.8 Å². The van der Waals surface area contributed by atoms with E-state index in [1.807, 2.05) is 25.4 Å². The van der Waals surface area contributed by atoms with Crippen molar-refractivity contribution in [3.63, 3.8) is 0 Å². The molecule has 3 aromatic rings. The van der Waals surface area contributed by atoms with Crippen molar-refractivity contribution >= 4 is 28.1 Å². The van der Waals surface area contributed by atoms with E-state index < -0.39 is 0 Å². The quantitative estimate of drug-likeness (QED) is 0.683. The number of rotatable bonds is 7. The van der Waals surface area contributed by atoms with Crippen molar-refractivity contribution in [3.05, 3.63) is 46.3 Å². The molecule has 0 atom stereocenters. The highest BCUT2D eigenvalue weighted by atomic mass is 32.1. The number of fused-ring (bicyclic) bond motifs is 1. The molecular weight excluding hydrogens is 334 g/mol. The minimum Gasteiger partial charge on any atom is -0.361 e. The first-order valence-electron chi connectivity index (χ1n) is 8.54. The van der Waals surface area contributed by atoms with Crippen molar-refractivity contribution in [2.24, 2.45) is 0 Å². The third kappa shape index (κ3) is 3.72. The molecule has 130 valence electrons. The topological polar surface area (TPSA) is 73.9 Å². The minimum absolute atomic E-state index is 0.136. The molecule has 1 amide bonds. The highest BCUT2D eigenvalue weighted by Crippen LogP contribution is 2.41. The molecule has 0 aliphatic heterocycles. The molecule has 0 bridgehead atoms. The lowest BCUT2D eigenvalue weighted by Gasteiger charge is -2.15. The van der Waals surface area contributed by atoms with Crippen LogP contribution in [0.5, 0.6) is 0 Å². The van der Waals surface area contributed by atoms with Gasteiger partial charge in [-0.15, -0.1) is 11.3 Å². The Morgan fingerprint density at radius 1 is 1.44 bits per heavy atom. The third-order valence-corrected chi connectivity index (χ3v) is 5.46. The predicted molar refractivity (Wildman–Crippen MR) is 98.8 cm³/mol. The summed E-state index contributed by atoms with van der Waals surface area (Å²) in [4.78, 5) is 26.6. The molecule has 0 aromatic carbocycles. The van der Waals surface area contributed by atoms with Gasteiger partial charge in [0, 0.05) is 54.2 Å². The van der Waals surface area contributed by atoms with E-state index in [1.54, 1.807) is 17.5 Å². The van der Waals surface area contributed by atoms with Crippen LogP contribution >= 0.6 is 11.3 Å². The second-order valence-electron chi connectivity index (χ2n) is 6.54. The molecule has 0 radical (unpaired) electrons. The van der Waals surface area contributed by atoms with Crippen molar-refractivity contribution in [1.82, 2.24) is 25.2 Å². The molecule has 0 spiro atoms. The first-order chi connectivity index (χ1) is 12.2. The number of carbonyl (C=O) groups excluding carboxylic acids is 1. The maximum absolute atomic E-state index is 12.4. The van der Waals surface area contributed by atoms with Gasteiger partial charge in [-0.05, 0) is 32.0 Å². The van der Waals surface area contributed by atoms with Crippen molar-refractivity contribution in [1.29, 1.82) is 0 Å². The Labute approximate surface area is 150 Å². The van der Waals surface area contributed by atoms with Crippen LogP contribution in [-0.4, -0.2) is 45.9 Å². The van der Waals surface area contributed by atoms with Crippen LogP contribution in [-0.2, 0) is 6.54 Å². The number of amides is 1. The van der Waals surface area contributed by atoms with Gasteiger partial charge >= 0.3 is 0 Å². The Morgan fingerprint density at radius 2 is 2.32 bits per heavy atom. The molecule has 7 heteroatoms. The molecule has 2 N–H and O–H groups in total. The molecule has 4 rings (SSSR count). The lowest BCUT2D eigenvalue weighted by atomic mass is 10.2. The van der Waals surface area contributed by atoms with Gasteiger partial charge in [-0.25, -0.2) is 4.98 Å². The van der Waals surface area contributed by atoms with Gasteiger partial charge in [-0.3, -0.25) is 14.7 Å². The van der Waals surface area contributed by atoms with Crippen LogP contribution in [0.15, 0.2) is 29.9 Å². The predicted octanol–water partition coefficient (Wildman–Crippen LogP) is 2.76. The van der Waals surface area contributed by atoms with Crippen LogP contribution in [0.3, 0.4) is 0 Å². The van der Waals surface area contributed by atoms with Crippen LogP contribution in [0.4, 0.5) is 0 Å². The fourth-order valence-corrected chi connectivity index (χ4v) is 3.86. The third-order valence-electron chi connectivity index (χ3n) is 4.40. The fraction of sp³-hybridized carbons (Fsp3) is 0.389. The SMILES string of the molecule is CN(CCNC(=O)c1nccc2[nH]ccc12)Cc1csc(C2CC2)n1. The van der Waals surface area contributed by atoms with Gasteiger partial charge in [0.2, 0.25) is 0 Å². The molecule has 1 saturated carbocycles. The molecule has 25 heavy (non-hydrogen) atoms. The summed E-state index contributed by atoms with van der Waals surface area (Å²) in [6, 6.07) is 3.74. The van der Waals surface area contributed by atoms with E-state index >= 15 is 0 Å². The molecule has 0 saturated heterocycles. The van der Waals surface area contributed by atoms with E-state index in [4.69, 9.17) is 4.98 Å². The van der Waals surface area contributed by atoms with Crippen LogP contribution < -0.4 is 5.32 Å². The van der Waals surface area contributed by atoms with Crippen molar-refractivity contribution in [3.8, 4) is 0 Å². The molecule has 3 heterocycles. The number of pyridine rings is 1. The molecule has 1 aliphatic carbocycles. The first-order valence-corrected chi connectivity index (χ1v) is 9.42. The Morgan fingerprint density at radius 3 is 3.16 bits per heavy atom. The zero-order chi connectivity index (χ0) is 17.2. The minimum atomic E-state index is -0.136. The summed E-state index contributed by atoms with van der Waals surface area (Å²) >= 11 is 1.77. The van der Waals surface area contributed by atoms with E-state index in [9.17, 15) is 4.79 Å². The molecular formula is C18H21N5OS. The monoisotopic (exact) mass is 355 g/mol. The smallest absolute Gasteiger partial charge is 0.270 e. The molecule has 1 fully saturated rings. The first kappa shape index (κ1) is 16.2. The number of hydrogen-bond acceptors (Lipinski definition) is 5. The van der Waals surface area contributed by atoms with Crippen molar-refractivity contribution in [2.75, 3.05) is 20.1 Å². The van der Waals surface area contributed by atoms with Gasteiger partial charge < -0.3 is 10.3 Å². The summed E-state index contributed by atoms with van der Waals surface area (Å²) in [5.41, 5.74) is 2.52. The van der Waals surface area contributed by atoms with Gasteiger partial charge in [-0.2, -0.15) is 0 Å². The summed E-state index contributed by atoms with van der Waals surface area (Å²) < 4.78 is 0. The standard InChI is InChI=1S/C18H21N5OS/c1-23(10-13-11-25-18(22-13)12-2-3-12)9-8-21-17(24)16-14-4-6-19-15(14)5-7-20-16/h4-7,11-12,19H,2-3,8-10H2,1H3,(H,21,24). The number of H-pyrrole nitrogens is 1. The largest absolute Gasteiger partial charge is 0.361 e. The Balaban J connectivity index is 1.27. The average molecular weight is 355 g/mol. The van der Waals surface area contributed by atoms with Crippen LogP contribution in [0, 0.1) is 0 Å². The molecule has 3 aromatic heterocycles. The zero-order valence-electron chi connectivity index (χ0n) is 14.2. The van der Waals surface area contributed by atoms with Gasteiger partial charge in [0.15, 0.2) is 0 Å². The Bertz CT molecular complexity index is 882. The number of aromatic amines is 1. The van der Waals surface area contributed by atoms with Crippen LogP contribution in [0.1, 0.15) is 39.9 Å². The van der Waals surface area contributed by atoms with Gasteiger partial charge in [-0.1, -0.05) is 0 Å². The van der Waals surface area contributed by atoms with E-state index in [0.717, 1.165) is 29.7 Å². The molecule has 1 aliphatic rings. The fourth-order valence-electron chi connectivity index (χ4n) is 2.88. The number of nitrogens with one attached hydrogen (secondary N) is 2. The molecule has 6 nitrogen and oxygen atoms in total. The summed E-state index contributed by atoms with van der Waals surface area (Å²) in [6.07, 6.45) is 6.05. The zero-order valence-corrected chi connectivity index (χ0v) is 15.0. The maximum Gasteiger partial charge on any atom is 0.270 e. The van der Waals surface area contributed by atoms with Crippen molar-refractivity contribution < 1.29 is 4.79 Å². The number of likely N-dealkylation sites (N-methyl/N-ethyl adjacent to an activating group) is 1. The highest BCUT2D eigenvalue weighted by molar-refractivity contribution is 7.09. The van der Waals surface area contributed by atoms with Gasteiger partial charge in [0.25, 0.3) is 5.91 Å². The van der Waals surface area contributed by atoms with Gasteiger partial charge in [0.1, 0.15) is 5.69 Å². The number of aromatic nitrogens is 3. The van der Waals surface area contributed by atoms with E-state index in [0.29, 0.717) is 18.2 Å². The van der Waals surface area contributed by atoms with Gasteiger partial charge in [0.05, 0.1) is 10.7 Å². The van der Waals surface area contributed by atoms with Crippen LogP contribution in [0.2, 0.25) is 0 Å². The number of thiazole rings is 1. The van der Waals surface area contributed by atoms with E-state index in [-0.39, 0.29) is 5.91 Å². The summed E-state index contributed by atoms with van der Waals surface area (Å²) in [5, 5.41) is 7.24. The lowest BCUT2D eigenvalue weighted by molar-refractivity contribution is 0.0946. The second kappa shape index (κ2) is 6.93. The second-order valence-corrected chi connectivity index (χ2v) is 7.43.